The van der Waals surface area contributed by atoms with Gasteiger partial charge in [-0.1, -0.05) is 0 Å². The third-order valence-electron chi connectivity index (χ3n) is 3.98. The van der Waals surface area contributed by atoms with Crippen LogP contribution in [0.25, 0.3) is 0 Å². The summed E-state index contributed by atoms with van der Waals surface area (Å²) in [6.45, 7) is 2.53. The molecule has 0 aromatic carbocycles. The van der Waals surface area contributed by atoms with Crippen LogP contribution in [0.5, 0.6) is 0 Å². The van der Waals surface area contributed by atoms with Crippen molar-refractivity contribution >= 4 is 17.4 Å². The average Bonchev–Trinajstić information content (AvgIpc) is 2.49. The first-order chi connectivity index (χ1) is 7.17. The second-order valence-electron chi connectivity index (χ2n) is 4.73. The number of carbonyl (C=O) groups excluding carboxylic acids is 1. The lowest BCUT2D eigenvalue weighted by molar-refractivity contribution is -0.241. The zero-order chi connectivity index (χ0) is 10.6. The van der Waals surface area contributed by atoms with Crippen molar-refractivity contribution in [2.45, 2.75) is 43.5 Å². The van der Waals surface area contributed by atoms with Crippen molar-refractivity contribution in [2.24, 2.45) is 11.8 Å². The smallest absolute Gasteiger partial charge is 0.188 e. The molecule has 1 heterocycles. The molecule has 15 heavy (non-hydrogen) atoms. The van der Waals surface area contributed by atoms with Crippen molar-refractivity contribution in [1.82, 2.24) is 0 Å². The number of ketones is 1. The predicted octanol–water partition coefficient (Wildman–Crippen LogP) is 1.72. The van der Waals surface area contributed by atoms with Crippen molar-refractivity contribution < 1.29 is 14.3 Å². The SMILES string of the molecule is CCO[C@]12O[C@@H]3C[C@H]1C[C@H](C[C@H]2Cl)C3=O. The van der Waals surface area contributed by atoms with Gasteiger partial charge in [-0.3, -0.25) is 4.79 Å². The van der Waals surface area contributed by atoms with Crippen molar-refractivity contribution in [3.63, 3.8) is 0 Å². The molecule has 84 valence electrons. The highest BCUT2D eigenvalue weighted by molar-refractivity contribution is 6.21. The van der Waals surface area contributed by atoms with Gasteiger partial charge in [-0.05, 0) is 26.2 Å². The Labute approximate surface area is 94.1 Å². The Balaban J connectivity index is 1.99. The lowest BCUT2D eigenvalue weighted by Gasteiger charge is -2.42. The van der Waals surface area contributed by atoms with Crippen LogP contribution >= 0.6 is 11.6 Å². The van der Waals surface area contributed by atoms with Crippen LogP contribution in [0.15, 0.2) is 0 Å². The summed E-state index contributed by atoms with van der Waals surface area (Å²) in [5.74, 6) is 0.0219. The highest BCUT2D eigenvalue weighted by Crippen LogP contribution is 2.55. The van der Waals surface area contributed by atoms with Gasteiger partial charge in [-0.15, -0.1) is 11.6 Å². The molecule has 0 aromatic heterocycles. The molecule has 0 amide bonds. The van der Waals surface area contributed by atoms with Crippen LogP contribution in [0.2, 0.25) is 0 Å². The van der Waals surface area contributed by atoms with E-state index < -0.39 is 5.79 Å². The van der Waals surface area contributed by atoms with Gasteiger partial charge in [0.15, 0.2) is 11.6 Å². The molecule has 3 bridgehead atoms. The van der Waals surface area contributed by atoms with Gasteiger partial charge in [0.25, 0.3) is 0 Å². The molecule has 5 atom stereocenters. The highest BCUT2D eigenvalue weighted by atomic mass is 35.5. The number of rotatable bonds is 2. The van der Waals surface area contributed by atoms with Gasteiger partial charge in [0.05, 0.1) is 5.38 Å². The Bertz CT molecular complexity index is 304. The number of hydrogen-bond acceptors (Lipinski definition) is 3. The van der Waals surface area contributed by atoms with E-state index >= 15 is 0 Å². The molecule has 3 aliphatic rings. The highest BCUT2D eigenvalue weighted by Gasteiger charge is 2.64. The van der Waals surface area contributed by atoms with Gasteiger partial charge in [0.2, 0.25) is 0 Å². The molecular formula is C11H15ClO3. The first-order valence-corrected chi connectivity index (χ1v) is 6.10. The van der Waals surface area contributed by atoms with Gasteiger partial charge in [0, 0.05) is 18.4 Å². The van der Waals surface area contributed by atoms with Gasteiger partial charge >= 0.3 is 0 Å². The first-order valence-electron chi connectivity index (χ1n) is 5.67. The zero-order valence-corrected chi connectivity index (χ0v) is 9.50. The van der Waals surface area contributed by atoms with E-state index in [1.807, 2.05) is 6.92 Å². The van der Waals surface area contributed by atoms with Crippen LogP contribution in [-0.4, -0.2) is 29.7 Å². The zero-order valence-electron chi connectivity index (χ0n) is 8.74. The molecule has 3 nitrogen and oxygen atoms in total. The number of carbonyl (C=O) groups is 1. The molecule has 2 aliphatic carbocycles. The fourth-order valence-electron chi connectivity index (χ4n) is 3.37. The van der Waals surface area contributed by atoms with Crippen LogP contribution in [0.1, 0.15) is 26.2 Å². The molecule has 0 spiro atoms. The van der Waals surface area contributed by atoms with Crippen LogP contribution in [-0.2, 0) is 14.3 Å². The number of fused-ring (bicyclic) bond motifs is 2. The van der Waals surface area contributed by atoms with Crippen molar-refractivity contribution in [3.05, 3.63) is 0 Å². The first kappa shape index (κ1) is 10.1. The summed E-state index contributed by atoms with van der Waals surface area (Å²) in [5, 5.41) is -0.169. The second kappa shape index (κ2) is 3.19. The lowest BCUT2D eigenvalue weighted by atomic mass is 9.70. The Hall–Kier alpha value is -0.120. The minimum atomic E-state index is -0.663. The average molecular weight is 231 g/mol. The summed E-state index contributed by atoms with van der Waals surface area (Å²) in [6.07, 6.45) is 2.17. The molecule has 1 saturated heterocycles. The summed E-state index contributed by atoms with van der Waals surface area (Å²) < 4.78 is 11.6. The monoisotopic (exact) mass is 230 g/mol. The van der Waals surface area contributed by atoms with E-state index in [0.717, 1.165) is 12.8 Å². The molecule has 0 N–H and O–H groups in total. The fraction of sp³-hybridized carbons (Fsp3) is 0.909. The molecule has 1 aliphatic heterocycles. The van der Waals surface area contributed by atoms with E-state index in [4.69, 9.17) is 21.1 Å². The van der Waals surface area contributed by atoms with Crippen molar-refractivity contribution in [3.8, 4) is 0 Å². The number of hydrogen-bond donors (Lipinski definition) is 0. The van der Waals surface area contributed by atoms with E-state index in [9.17, 15) is 4.79 Å². The van der Waals surface area contributed by atoms with Crippen LogP contribution in [0.4, 0.5) is 0 Å². The summed E-state index contributed by atoms with van der Waals surface area (Å²) in [5.41, 5.74) is 0. The summed E-state index contributed by atoms with van der Waals surface area (Å²) in [7, 11) is 0. The maximum atomic E-state index is 11.9. The Morgan fingerprint density at radius 3 is 3.07 bits per heavy atom. The molecule has 3 rings (SSSR count). The Morgan fingerprint density at radius 2 is 2.33 bits per heavy atom. The van der Waals surface area contributed by atoms with Crippen LogP contribution in [0.3, 0.4) is 0 Å². The van der Waals surface area contributed by atoms with E-state index in [2.05, 4.69) is 0 Å². The van der Waals surface area contributed by atoms with Gasteiger partial charge < -0.3 is 9.47 Å². The number of halogens is 1. The second-order valence-corrected chi connectivity index (χ2v) is 5.26. The summed E-state index contributed by atoms with van der Waals surface area (Å²) >= 11 is 6.34. The van der Waals surface area contributed by atoms with E-state index in [-0.39, 0.29) is 23.2 Å². The number of alkyl halides is 1. The molecule has 3 fully saturated rings. The maximum Gasteiger partial charge on any atom is 0.188 e. The molecular weight excluding hydrogens is 216 g/mol. The topological polar surface area (TPSA) is 35.5 Å². The van der Waals surface area contributed by atoms with Gasteiger partial charge in [-0.2, -0.15) is 0 Å². The van der Waals surface area contributed by atoms with E-state index in [1.165, 1.54) is 0 Å². The largest absolute Gasteiger partial charge is 0.348 e. The normalized spacial score (nSPS) is 52.5. The number of Topliss-reactive ketones (excluding diaryl/α,β-unsaturated/α-hetero) is 1. The minimum Gasteiger partial charge on any atom is -0.348 e. The Morgan fingerprint density at radius 1 is 1.53 bits per heavy atom. The van der Waals surface area contributed by atoms with Gasteiger partial charge in [-0.25, -0.2) is 0 Å². The molecule has 0 aromatic rings. The van der Waals surface area contributed by atoms with Crippen LogP contribution < -0.4 is 0 Å². The molecule has 0 unspecified atom stereocenters. The van der Waals surface area contributed by atoms with E-state index in [0.29, 0.717) is 18.9 Å². The number of ether oxygens (including phenoxy) is 2. The molecule has 2 saturated carbocycles. The lowest BCUT2D eigenvalue weighted by Crippen LogP contribution is -2.51. The quantitative estimate of drug-likeness (QED) is 0.678. The fourth-order valence-corrected chi connectivity index (χ4v) is 3.88. The van der Waals surface area contributed by atoms with Crippen LogP contribution in [0, 0.1) is 11.8 Å². The summed E-state index contributed by atoms with van der Waals surface area (Å²) in [6, 6.07) is 0. The van der Waals surface area contributed by atoms with Gasteiger partial charge in [0.1, 0.15) is 6.10 Å². The predicted molar refractivity (Wildman–Crippen MR) is 54.7 cm³/mol. The molecule has 4 heteroatoms. The van der Waals surface area contributed by atoms with Crippen molar-refractivity contribution in [2.75, 3.05) is 6.61 Å². The summed E-state index contributed by atoms with van der Waals surface area (Å²) in [4.78, 5) is 11.9. The standard InChI is InChI=1S/C11H15ClO3/c1-2-14-11-7-3-6(4-9(11)12)10(13)8(5-7)15-11/h6-9H,2-5H2,1H3/t6-,7-,8-,9-,11+/m1/s1. The van der Waals surface area contributed by atoms with E-state index in [1.54, 1.807) is 0 Å². The Kier molecular flexibility index (Phi) is 2.14. The van der Waals surface area contributed by atoms with Crippen molar-refractivity contribution in [1.29, 1.82) is 0 Å². The third kappa shape index (κ3) is 1.17. The molecule has 0 radical (unpaired) electrons. The minimum absolute atomic E-state index is 0.118. The maximum absolute atomic E-state index is 11.9. The third-order valence-corrected chi connectivity index (χ3v) is 4.46.